The monoisotopic (exact) mass is 552 g/mol. The summed E-state index contributed by atoms with van der Waals surface area (Å²) in [5.74, 6) is 0.0207. The van der Waals surface area contributed by atoms with Crippen molar-refractivity contribution in [1.82, 2.24) is 0 Å². The van der Waals surface area contributed by atoms with Gasteiger partial charge in [0.1, 0.15) is 12.4 Å². The van der Waals surface area contributed by atoms with Gasteiger partial charge in [0.2, 0.25) is 0 Å². The molecule has 1 aliphatic rings. The molecule has 0 radical (unpaired) electrons. The van der Waals surface area contributed by atoms with Gasteiger partial charge in [-0.15, -0.1) is 0 Å². The van der Waals surface area contributed by atoms with Crippen LogP contribution in [0.1, 0.15) is 67.4 Å². The van der Waals surface area contributed by atoms with Crippen LogP contribution in [0.4, 0.5) is 0 Å². The van der Waals surface area contributed by atoms with E-state index in [-0.39, 0.29) is 30.5 Å². The summed E-state index contributed by atoms with van der Waals surface area (Å²) in [6.45, 7) is 8.85. The fraction of sp³-hybridized carbons (Fsp3) is 0.344. The van der Waals surface area contributed by atoms with Crippen molar-refractivity contribution in [2.45, 2.75) is 64.3 Å². The van der Waals surface area contributed by atoms with Gasteiger partial charge in [-0.1, -0.05) is 79.0 Å². The largest absolute Gasteiger partial charge is 0.489 e. The van der Waals surface area contributed by atoms with Crippen LogP contribution in [-0.2, 0) is 22.6 Å². The number of halogens is 2. The molecule has 0 saturated carbocycles. The summed E-state index contributed by atoms with van der Waals surface area (Å²) in [5, 5.41) is 10.8. The van der Waals surface area contributed by atoms with Gasteiger partial charge in [-0.25, -0.2) is 0 Å². The molecule has 4 rings (SSSR count). The average Bonchev–Trinajstić information content (AvgIpc) is 2.88. The lowest BCUT2D eigenvalue weighted by Crippen LogP contribution is -2.36. The van der Waals surface area contributed by atoms with Crippen LogP contribution >= 0.6 is 23.2 Å². The van der Waals surface area contributed by atoms with Crippen LogP contribution in [0.3, 0.4) is 0 Å². The minimum absolute atomic E-state index is 0.00862. The molecule has 200 valence electrons. The second-order valence-electron chi connectivity index (χ2n) is 10.1. The van der Waals surface area contributed by atoms with Crippen LogP contribution < -0.4 is 4.74 Å². The van der Waals surface area contributed by atoms with Gasteiger partial charge in [-0.2, -0.15) is 0 Å². The minimum atomic E-state index is -0.878. The van der Waals surface area contributed by atoms with Gasteiger partial charge in [-0.3, -0.25) is 4.79 Å². The Labute approximate surface area is 235 Å². The zero-order valence-electron chi connectivity index (χ0n) is 21.8. The Morgan fingerprint density at radius 3 is 2.47 bits per heavy atom. The molecule has 3 aromatic rings. The molecule has 4 nitrogen and oxygen atoms in total. The number of rotatable bonds is 10. The predicted octanol–water partition coefficient (Wildman–Crippen LogP) is 8.81. The smallest absolute Gasteiger partial charge is 0.307 e. The normalized spacial score (nSPS) is 21.2. The van der Waals surface area contributed by atoms with Crippen LogP contribution in [-0.4, -0.2) is 17.2 Å². The van der Waals surface area contributed by atoms with E-state index in [2.05, 4.69) is 25.6 Å². The summed E-state index contributed by atoms with van der Waals surface area (Å²) in [5.41, 5.74) is 4.74. The van der Waals surface area contributed by atoms with Gasteiger partial charge < -0.3 is 14.6 Å². The number of carboxylic acids is 1. The van der Waals surface area contributed by atoms with Gasteiger partial charge in [0, 0.05) is 27.4 Å². The predicted molar refractivity (Wildman–Crippen MR) is 153 cm³/mol. The third kappa shape index (κ3) is 6.99. The number of carboxylic acid groups (broad SMARTS) is 1. The van der Waals surface area contributed by atoms with Gasteiger partial charge in [-0.05, 0) is 72.9 Å². The standard InChI is InChI=1S/C32H34Cl2O4/c1-4-6-30-27(23-10-12-24(33)13-11-23)18-26(20(2)3)32(38-30)28-16-21(17-31(35)36)9-14-29(28)37-19-22-7-5-8-25(34)15-22/h5,7-16,26-27,30,32H,2,4,6,17-19H2,1,3H3,(H,35,36)/t26-,27-,30-,32+/m1/s1. The highest BCUT2D eigenvalue weighted by Crippen LogP contribution is 2.49. The van der Waals surface area contributed by atoms with Crippen LogP contribution in [0.5, 0.6) is 5.75 Å². The highest BCUT2D eigenvalue weighted by Gasteiger charge is 2.40. The molecule has 4 atom stereocenters. The van der Waals surface area contributed by atoms with E-state index in [1.54, 1.807) is 0 Å². The van der Waals surface area contributed by atoms with Gasteiger partial charge >= 0.3 is 5.97 Å². The van der Waals surface area contributed by atoms with Crippen molar-refractivity contribution in [3.8, 4) is 5.75 Å². The van der Waals surface area contributed by atoms with Crippen molar-refractivity contribution in [2.24, 2.45) is 5.92 Å². The first-order valence-corrected chi connectivity index (χ1v) is 13.8. The Kier molecular flexibility index (Phi) is 9.54. The molecule has 0 spiro atoms. The maximum Gasteiger partial charge on any atom is 0.307 e. The first kappa shape index (κ1) is 28.2. The van der Waals surface area contributed by atoms with Crippen molar-refractivity contribution in [2.75, 3.05) is 0 Å². The van der Waals surface area contributed by atoms with Gasteiger partial charge in [0.05, 0.1) is 18.6 Å². The summed E-state index contributed by atoms with van der Waals surface area (Å²) in [6.07, 6.45) is 2.36. The SMILES string of the molecule is C=C(C)[C@H]1C[C@H](c2ccc(Cl)cc2)[C@@H](CCC)O[C@@H]1c1cc(CC(=O)O)ccc1OCc1cccc(Cl)c1. The summed E-state index contributed by atoms with van der Waals surface area (Å²) < 4.78 is 13.2. The van der Waals surface area contributed by atoms with E-state index in [1.807, 2.05) is 61.5 Å². The van der Waals surface area contributed by atoms with E-state index in [9.17, 15) is 9.90 Å². The molecule has 38 heavy (non-hydrogen) atoms. The zero-order valence-corrected chi connectivity index (χ0v) is 23.3. The van der Waals surface area contributed by atoms with Crippen LogP contribution in [0.2, 0.25) is 10.0 Å². The molecule has 0 aliphatic carbocycles. The number of aliphatic carboxylic acids is 1. The summed E-state index contributed by atoms with van der Waals surface area (Å²) in [4.78, 5) is 11.5. The molecule has 0 unspecified atom stereocenters. The zero-order chi connectivity index (χ0) is 27.2. The van der Waals surface area contributed by atoms with E-state index < -0.39 is 5.97 Å². The lowest BCUT2D eigenvalue weighted by Gasteiger charge is -2.43. The number of hydrogen-bond acceptors (Lipinski definition) is 3. The topological polar surface area (TPSA) is 55.8 Å². The van der Waals surface area contributed by atoms with E-state index in [0.717, 1.165) is 36.0 Å². The van der Waals surface area contributed by atoms with Crippen LogP contribution in [0, 0.1) is 5.92 Å². The molecule has 6 heteroatoms. The number of hydrogen-bond donors (Lipinski definition) is 1. The fourth-order valence-electron chi connectivity index (χ4n) is 5.32. The van der Waals surface area contributed by atoms with Crippen molar-refractivity contribution in [1.29, 1.82) is 0 Å². The molecule has 1 heterocycles. The van der Waals surface area contributed by atoms with Crippen LogP contribution in [0.15, 0.2) is 78.9 Å². The third-order valence-electron chi connectivity index (χ3n) is 7.17. The van der Waals surface area contributed by atoms with E-state index in [0.29, 0.717) is 28.0 Å². The molecule has 1 N–H and O–H groups in total. The highest BCUT2D eigenvalue weighted by atomic mass is 35.5. The summed E-state index contributed by atoms with van der Waals surface area (Å²) in [6, 6.07) is 21.2. The lowest BCUT2D eigenvalue weighted by atomic mass is 9.74. The van der Waals surface area contributed by atoms with Crippen molar-refractivity contribution in [3.63, 3.8) is 0 Å². The molecule has 0 amide bonds. The summed E-state index contributed by atoms with van der Waals surface area (Å²) >= 11 is 12.3. The Balaban J connectivity index is 1.71. The summed E-state index contributed by atoms with van der Waals surface area (Å²) in [7, 11) is 0. The maximum absolute atomic E-state index is 11.5. The molecule has 3 aromatic carbocycles. The molecule has 0 aromatic heterocycles. The Hall–Kier alpha value is -2.79. The number of ether oxygens (including phenoxy) is 2. The average molecular weight is 554 g/mol. The quantitative estimate of drug-likeness (QED) is 0.255. The Morgan fingerprint density at radius 1 is 1.05 bits per heavy atom. The van der Waals surface area contributed by atoms with Crippen molar-refractivity contribution >= 4 is 29.2 Å². The van der Waals surface area contributed by atoms with E-state index in [4.69, 9.17) is 32.7 Å². The fourth-order valence-corrected chi connectivity index (χ4v) is 5.65. The molecule has 1 fully saturated rings. The molecular formula is C32H34Cl2O4. The molecule has 0 bridgehead atoms. The highest BCUT2D eigenvalue weighted by molar-refractivity contribution is 6.30. The second-order valence-corrected chi connectivity index (χ2v) is 11.0. The first-order chi connectivity index (χ1) is 18.2. The first-order valence-electron chi connectivity index (χ1n) is 13.0. The number of carbonyl (C=O) groups is 1. The molecule has 1 saturated heterocycles. The third-order valence-corrected chi connectivity index (χ3v) is 7.65. The Bertz CT molecular complexity index is 1270. The maximum atomic E-state index is 11.5. The van der Waals surface area contributed by atoms with Crippen LogP contribution in [0.25, 0.3) is 0 Å². The minimum Gasteiger partial charge on any atom is -0.489 e. The molecule has 1 aliphatic heterocycles. The second kappa shape index (κ2) is 12.8. The van der Waals surface area contributed by atoms with E-state index >= 15 is 0 Å². The van der Waals surface area contributed by atoms with Gasteiger partial charge in [0.15, 0.2) is 0 Å². The van der Waals surface area contributed by atoms with Gasteiger partial charge in [0.25, 0.3) is 0 Å². The number of benzene rings is 3. The lowest BCUT2D eigenvalue weighted by molar-refractivity contribution is -0.136. The molecular weight excluding hydrogens is 519 g/mol. The van der Waals surface area contributed by atoms with Crippen molar-refractivity contribution in [3.05, 3.63) is 111 Å². The van der Waals surface area contributed by atoms with E-state index in [1.165, 1.54) is 5.56 Å². The van der Waals surface area contributed by atoms with Crippen molar-refractivity contribution < 1.29 is 19.4 Å². The Morgan fingerprint density at radius 2 is 1.82 bits per heavy atom.